The monoisotopic (exact) mass is 309 g/mol. The lowest BCUT2D eigenvalue weighted by Crippen LogP contribution is -2.41. The summed E-state index contributed by atoms with van der Waals surface area (Å²) in [5.41, 5.74) is -0.242. The van der Waals surface area contributed by atoms with Gasteiger partial charge in [-0.1, -0.05) is 5.21 Å². The molecule has 2 heterocycles. The Morgan fingerprint density at radius 2 is 2.18 bits per heavy atom. The largest absolute Gasteiger partial charge is 0.444 e. The van der Waals surface area contributed by atoms with Crippen LogP contribution in [-0.4, -0.2) is 57.1 Å². The fraction of sp³-hybridized carbons (Fsp3) is 0.714. The molecule has 2 amide bonds. The van der Waals surface area contributed by atoms with E-state index in [1.54, 1.807) is 22.8 Å². The molecule has 1 N–H and O–H groups in total. The number of nitrogens with zero attached hydrogens (tertiary/aromatic N) is 4. The van der Waals surface area contributed by atoms with Gasteiger partial charge in [-0.3, -0.25) is 4.79 Å². The van der Waals surface area contributed by atoms with Gasteiger partial charge in [-0.05, 0) is 33.6 Å². The summed E-state index contributed by atoms with van der Waals surface area (Å²) in [7, 11) is 1.54. The van der Waals surface area contributed by atoms with Crippen LogP contribution in [0.15, 0.2) is 6.20 Å². The molecule has 1 aliphatic rings. The molecule has 8 nitrogen and oxygen atoms in total. The molecule has 1 aromatic heterocycles. The van der Waals surface area contributed by atoms with E-state index >= 15 is 0 Å². The molecular formula is C14H23N5O3. The van der Waals surface area contributed by atoms with Crippen molar-refractivity contribution < 1.29 is 14.3 Å². The molecule has 1 aromatic rings. The number of hydrogen-bond acceptors (Lipinski definition) is 5. The molecule has 122 valence electrons. The van der Waals surface area contributed by atoms with Crippen molar-refractivity contribution in [2.24, 2.45) is 0 Å². The third-order valence-corrected chi connectivity index (χ3v) is 3.40. The van der Waals surface area contributed by atoms with E-state index in [2.05, 4.69) is 15.6 Å². The van der Waals surface area contributed by atoms with E-state index < -0.39 is 5.60 Å². The molecule has 1 fully saturated rings. The van der Waals surface area contributed by atoms with Crippen molar-refractivity contribution in [3.63, 3.8) is 0 Å². The van der Waals surface area contributed by atoms with Crippen LogP contribution in [0.5, 0.6) is 0 Å². The summed E-state index contributed by atoms with van der Waals surface area (Å²) in [5.74, 6) is -0.276. The molecule has 8 heteroatoms. The van der Waals surface area contributed by atoms with E-state index in [1.165, 1.54) is 0 Å². The van der Waals surface area contributed by atoms with Crippen LogP contribution >= 0.6 is 0 Å². The fourth-order valence-electron chi connectivity index (χ4n) is 2.42. The predicted octanol–water partition coefficient (Wildman–Crippen LogP) is 1.04. The number of hydrogen-bond donors (Lipinski definition) is 1. The van der Waals surface area contributed by atoms with Gasteiger partial charge in [0.2, 0.25) is 0 Å². The number of ether oxygens (including phenoxy) is 1. The molecule has 0 aliphatic carbocycles. The van der Waals surface area contributed by atoms with Crippen LogP contribution in [0.25, 0.3) is 0 Å². The second-order valence-electron chi connectivity index (χ2n) is 6.37. The topological polar surface area (TPSA) is 89.4 Å². The fourth-order valence-corrected chi connectivity index (χ4v) is 2.42. The normalized spacial score (nSPS) is 18.4. The van der Waals surface area contributed by atoms with Crippen molar-refractivity contribution in [1.82, 2.24) is 25.2 Å². The lowest BCUT2D eigenvalue weighted by Gasteiger charge is -2.28. The minimum absolute atomic E-state index is 0.00841. The van der Waals surface area contributed by atoms with Gasteiger partial charge in [-0.15, -0.1) is 5.10 Å². The second-order valence-corrected chi connectivity index (χ2v) is 6.37. The summed E-state index contributed by atoms with van der Waals surface area (Å²) >= 11 is 0. The Balaban J connectivity index is 2.00. The van der Waals surface area contributed by atoms with Crippen LogP contribution < -0.4 is 5.32 Å². The third kappa shape index (κ3) is 3.96. The zero-order valence-corrected chi connectivity index (χ0v) is 13.5. The van der Waals surface area contributed by atoms with Gasteiger partial charge in [0.1, 0.15) is 5.60 Å². The Morgan fingerprint density at radius 3 is 2.82 bits per heavy atom. The molecule has 0 saturated carbocycles. The first-order valence-electron chi connectivity index (χ1n) is 7.42. The van der Waals surface area contributed by atoms with Gasteiger partial charge < -0.3 is 15.0 Å². The number of carbonyl (C=O) groups excluding carboxylic acids is 2. The molecule has 22 heavy (non-hydrogen) atoms. The van der Waals surface area contributed by atoms with Gasteiger partial charge in [0, 0.05) is 13.6 Å². The van der Waals surface area contributed by atoms with Crippen LogP contribution in [-0.2, 0) is 11.3 Å². The van der Waals surface area contributed by atoms with E-state index in [1.807, 2.05) is 20.8 Å². The van der Waals surface area contributed by atoms with E-state index in [-0.39, 0.29) is 23.7 Å². The predicted molar refractivity (Wildman–Crippen MR) is 79.4 cm³/mol. The average Bonchev–Trinajstić information content (AvgIpc) is 3.05. The highest BCUT2D eigenvalue weighted by atomic mass is 16.6. The van der Waals surface area contributed by atoms with Crippen LogP contribution in [0, 0.1) is 0 Å². The van der Waals surface area contributed by atoms with Crippen molar-refractivity contribution in [2.45, 2.75) is 51.8 Å². The van der Waals surface area contributed by atoms with Crippen molar-refractivity contribution in [1.29, 1.82) is 0 Å². The van der Waals surface area contributed by atoms with Crippen molar-refractivity contribution in [3.05, 3.63) is 11.9 Å². The van der Waals surface area contributed by atoms with Crippen molar-refractivity contribution in [3.8, 4) is 0 Å². The first-order valence-corrected chi connectivity index (χ1v) is 7.42. The number of carbonyl (C=O) groups is 2. The smallest absolute Gasteiger partial charge is 0.410 e. The van der Waals surface area contributed by atoms with Gasteiger partial charge in [-0.2, -0.15) is 0 Å². The number of rotatable bonds is 3. The maximum absolute atomic E-state index is 12.2. The molecule has 1 atom stereocenters. The highest BCUT2D eigenvalue weighted by molar-refractivity contribution is 5.91. The molecule has 1 saturated heterocycles. The Kier molecular flexibility index (Phi) is 4.68. The maximum Gasteiger partial charge on any atom is 0.410 e. The number of amides is 2. The quantitative estimate of drug-likeness (QED) is 0.901. The van der Waals surface area contributed by atoms with Crippen LogP contribution in [0.1, 0.15) is 44.1 Å². The van der Waals surface area contributed by atoms with Crippen LogP contribution in [0.3, 0.4) is 0 Å². The average molecular weight is 309 g/mol. The summed E-state index contributed by atoms with van der Waals surface area (Å²) in [6.45, 7) is 6.73. The van der Waals surface area contributed by atoms with Crippen LogP contribution in [0.4, 0.5) is 4.79 Å². The summed E-state index contributed by atoms with van der Waals surface area (Å²) in [4.78, 5) is 25.4. The minimum atomic E-state index is -0.510. The highest BCUT2D eigenvalue weighted by Gasteiger charge is 2.32. The highest BCUT2D eigenvalue weighted by Crippen LogP contribution is 2.21. The third-order valence-electron chi connectivity index (χ3n) is 3.40. The first kappa shape index (κ1) is 16.3. The van der Waals surface area contributed by atoms with Gasteiger partial charge in [0.05, 0.1) is 18.8 Å². The zero-order valence-electron chi connectivity index (χ0n) is 13.5. The minimum Gasteiger partial charge on any atom is -0.444 e. The maximum atomic E-state index is 12.2. The Bertz CT molecular complexity index is 549. The lowest BCUT2D eigenvalue weighted by molar-refractivity contribution is 0.0211. The number of nitrogens with one attached hydrogen (secondary N) is 1. The van der Waals surface area contributed by atoms with E-state index in [9.17, 15) is 9.59 Å². The molecule has 0 radical (unpaired) electrons. The Morgan fingerprint density at radius 1 is 1.45 bits per heavy atom. The summed E-state index contributed by atoms with van der Waals surface area (Å²) < 4.78 is 7.02. The number of aromatic nitrogens is 3. The standard InChI is InChI=1S/C14H23N5O3/c1-14(2,3)22-13(21)19-7-5-6-10(19)8-18-9-11(16-17-18)12(20)15-4/h9-10H,5-8H2,1-4H3,(H,15,20). The van der Waals surface area contributed by atoms with Crippen molar-refractivity contribution >= 4 is 12.0 Å². The van der Waals surface area contributed by atoms with Gasteiger partial charge in [0.25, 0.3) is 5.91 Å². The molecule has 1 unspecified atom stereocenters. The molecule has 1 aliphatic heterocycles. The Labute approximate surface area is 129 Å². The summed E-state index contributed by atoms with van der Waals surface area (Å²) in [6, 6.07) is 0.00841. The number of likely N-dealkylation sites (tertiary alicyclic amines) is 1. The van der Waals surface area contributed by atoms with E-state index in [0.717, 1.165) is 12.8 Å². The Hall–Kier alpha value is -2.12. The van der Waals surface area contributed by atoms with Gasteiger partial charge >= 0.3 is 6.09 Å². The van der Waals surface area contributed by atoms with Crippen molar-refractivity contribution in [2.75, 3.05) is 13.6 Å². The first-order chi connectivity index (χ1) is 10.3. The molecular weight excluding hydrogens is 286 g/mol. The lowest BCUT2D eigenvalue weighted by atomic mass is 10.2. The zero-order chi connectivity index (χ0) is 16.3. The van der Waals surface area contributed by atoms with Gasteiger partial charge in [0.15, 0.2) is 5.69 Å². The molecule has 2 rings (SSSR count). The summed E-state index contributed by atoms with van der Waals surface area (Å²) in [5, 5.41) is 10.3. The summed E-state index contributed by atoms with van der Waals surface area (Å²) in [6.07, 6.45) is 3.10. The molecule has 0 spiro atoms. The van der Waals surface area contributed by atoms with E-state index in [0.29, 0.717) is 13.1 Å². The molecule has 0 bridgehead atoms. The molecule has 0 aromatic carbocycles. The van der Waals surface area contributed by atoms with Crippen LogP contribution in [0.2, 0.25) is 0 Å². The second kappa shape index (κ2) is 6.33. The SMILES string of the molecule is CNC(=O)c1cn(CC2CCCN2C(=O)OC(C)(C)C)nn1. The van der Waals surface area contributed by atoms with E-state index in [4.69, 9.17) is 4.74 Å². The van der Waals surface area contributed by atoms with Gasteiger partial charge in [-0.25, -0.2) is 9.48 Å².